The second-order valence-corrected chi connectivity index (χ2v) is 3.64. The highest BCUT2D eigenvalue weighted by molar-refractivity contribution is 5.21. The van der Waals surface area contributed by atoms with E-state index in [1.807, 2.05) is 6.07 Å². The second kappa shape index (κ2) is 3.86. The number of hydrogen-bond acceptors (Lipinski definition) is 1. The zero-order valence-corrected chi connectivity index (χ0v) is 8.47. The van der Waals surface area contributed by atoms with Crippen LogP contribution in [0.25, 0.3) is 0 Å². The molecule has 1 nitrogen and oxygen atoms in total. The van der Waals surface area contributed by atoms with Gasteiger partial charge in [0.25, 0.3) is 0 Å². The van der Waals surface area contributed by atoms with Crippen molar-refractivity contribution in [1.82, 2.24) is 4.98 Å². The van der Waals surface area contributed by atoms with Crippen LogP contribution < -0.4 is 0 Å². The molecule has 1 aromatic heterocycles. The molecule has 0 unspecified atom stereocenters. The van der Waals surface area contributed by atoms with Gasteiger partial charge in [-0.1, -0.05) is 20.8 Å². The Balaban J connectivity index is 3.05. The second-order valence-electron chi connectivity index (χ2n) is 3.64. The van der Waals surface area contributed by atoms with Crippen molar-refractivity contribution in [3.63, 3.8) is 0 Å². The van der Waals surface area contributed by atoms with E-state index in [1.165, 1.54) is 12.3 Å². The summed E-state index contributed by atoms with van der Waals surface area (Å²) in [5.74, 6) is -0.384. The fourth-order valence-corrected chi connectivity index (χ4v) is 1.44. The molecular formula is C11H16FN. The molecule has 1 heterocycles. The van der Waals surface area contributed by atoms with Gasteiger partial charge in [0.05, 0.1) is 0 Å². The van der Waals surface area contributed by atoms with Crippen molar-refractivity contribution in [2.45, 2.75) is 39.0 Å². The minimum atomic E-state index is -0.384. The van der Waals surface area contributed by atoms with Crippen LogP contribution in [0.4, 0.5) is 4.39 Å². The molecular weight excluding hydrogens is 165 g/mol. The molecule has 13 heavy (non-hydrogen) atoms. The Morgan fingerprint density at radius 1 is 1.38 bits per heavy atom. The Hall–Kier alpha value is -0.920. The van der Waals surface area contributed by atoms with Crippen molar-refractivity contribution in [2.75, 3.05) is 0 Å². The molecule has 0 amide bonds. The first-order valence-electron chi connectivity index (χ1n) is 4.74. The SMILES string of the molecule is CCC(C)(CC)c1ccnc(F)c1. The van der Waals surface area contributed by atoms with Crippen LogP contribution in [0.15, 0.2) is 18.3 Å². The molecule has 0 aliphatic heterocycles. The lowest BCUT2D eigenvalue weighted by Crippen LogP contribution is -2.19. The van der Waals surface area contributed by atoms with Gasteiger partial charge < -0.3 is 0 Å². The first-order valence-corrected chi connectivity index (χ1v) is 4.74. The van der Waals surface area contributed by atoms with Crippen LogP contribution in [-0.2, 0) is 5.41 Å². The van der Waals surface area contributed by atoms with E-state index in [2.05, 4.69) is 25.8 Å². The number of halogens is 1. The van der Waals surface area contributed by atoms with Crippen LogP contribution in [0.2, 0.25) is 0 Å². The number of aromatic nitrogens is 1. The molecule has 0 bridgehead atoms. The fraction of sp³-hybridized carbons (Fsp3) is 0.545. The lowest BCUT2D eigenvalue weighted by atomic mass is 9.78. The van der Waals surface area contributed by atoms with Gasteiger partial charge in [-0.25, -0.2) is 4.98 Å². The lowest BCUT2D eigenvalue weighted by Gasteiger charge is -2.26. The molecule has 2 heteroatoms. The Kier molecular flexibility index (Phi) is 3.02. The molecule has 0 aromatic carbocycles. The molecule has 1 aromatic rings. The molecule has 0 aliphatic rings. The summed E-state index contributed by atoms with van der Waals surface area (Å²) in [6.45, 7) is 6.41. The van der Waals surface area contributed by atoms with Crippen LogP contribution in [0.5, 0.6) is 0 Å². The average Bonchev–Trinajstić information content (AvgIpc) is 2.17. The quantitative estimate of drug-likeness (QED) is 0.652. The van der Waals surface area contributed by atoms with E-state index in [4.69, 9.17) is 0 Å². The molecule has 0 radical (unpaired) electrons. The molecule has 0 atom stereocenters. The molecule has 0 spiro atoms. The van der Waals surface area contributed by atoms with Crippen molar-refractivity contribution in [3.8, 4) is 0 Å². The average molecular weight is 181 g/mol. The lowest BCUT2D eigenvalue weighted by molar-refractivity contribution is 0.433. The largest absolute Gasteiger partial charge is 0.228 e. The summed E-state index contributed by atoms with van der Waals surface area (Å²) in [6, 6.07) is 3.43. The molecule has 72 valence electrons. The number of nitrogens with zero attached hydrogens (tertiary/aromatic N) is 1. The molecule has 0 saturated heterocycles. The van der Waals surface area contributed by atoms with Crippen LogP contribution in [0, 0.1) is 5.95 Å². The number of hydrogen-bond donors (Lipinski definition) is 0. The van der Waals surface area contributed by atoms with E-state index in [-0.39, 0.29) is 11.4 Å². The minimum Gasteiger partial charge on any atom is -0.228 e. The summed E-state index contributed by atoms with van der Waals surface area (Å²) in [7, 11) is 0. The van der Waals surface area contributed by atoms with Crippen molar-refractivity contribution < 1.29 is 4.39 Å². The maximum absolute atomic E-state index is 12.9. The fourth-order valence-electron chi connectivity index (χ4n) is 1.44. The van der Waals surface area contributed by atoms with Gasteiger partial charge in [-0.3, -0.25) is 0 Å². The van der Waals surface area contributed by atoms with Gasteiger partial charge in [0.2, 0.25) is 5.95 Å². The van der Waals surface area contributed by atoms with Gasteiger partial charge in [0, 0.05) is 6.20 Å². The third-order valence-electron chi connectivity index (χ3n) is 2.98. The van der Waals surface area contributed by atoms with Gasteiger partial charge in [-0.05, 0) is 36.0 Å². The van der Waals surface area contributed by atoms with Gasteiger partial charge in [-0.2, -0.15) is 4.39 Å². The molecule has 0 saturated carbocycles. The monoisotopic (exact) mass is 181 g/mol. The predicted octanol–water partition coefficient (Wildman–Crippen LogP) is 3.30. The summed E-state index contributed by atoms with van der Waals surface area (Å²) in [5, 5.41) is 0. The third kappa shape index (κ3) is 2.06. The first kappa shape index (κ1) is 10.2. The maximum atomic E-state index is 12.9. The summed E-state index contributed by atoms with van der Waals surface area (Å²) in [4.78, 5) is 3.56. The summed E-state index contributed by atoms with van der Waals surface area (Å²) >= 11 is 0. The van der Waals surface area contributed by atoms with Crippen molar-refractivity contribution in [2.24, 2.45) is 0 Å². The zero-order valence-electron chi connectivity index (χ0n) is 8.47. The van der Waals surface area contributed by atoms with E-state index in [0.29, 0.717) is 0 Å². The predicted molar refractivity (Wildman–Crippen MR) is 52.1 cm³/mol. The van der Waals surface area contributed by atoms with Gasteiger partial charge >= 0.3 is 0 Å². The van der Waals surface area contributed by atoms with Gasteiger partial charge in [0.15, 0.2) is 0 Å². The van der Waals surface area contributed by atoms with E-state index in [9.17, 15) is 4.39 Å². The normalized spacial score (nSPS) is 11.7. The third-order valence-corrected chi connectivity index (χ3v) is 2.98. The van der Waals surface area contributed by atoms with Crippen LogP contribution >= 0.6 is 0 Å². The molecule has 0 fully saturated rings. The standard InChI is InChI=1S/C11H16FN/c1-4-11(3,5-2)9-6-7-13-10(12)8-9/h6-8H,4-5H2,1-3H3. The Bertz CT molecular complexity index is 279. The van der Waals surface area contributed by atoms with E-state index >= 15 is 0 Å². The summed E-state index contributed by atoms with van der Waals surface area (Å²) in [6.07, 6.45) is 3.58. The smallest absolute Gasteiger partial charge is 0.213 e. The first-order chi connectivity index (χ1) is 6.12. The Morgan fingerprint density at radius 2 is 2.00 bits per heavy atom. The summed E-state index contributed by atoms with van der Waals surface area (Å²) < 4.78 is 12.9. The topological polar surface area (TPSA) is 12.9 Å². The van der Waals surface area contributed by atoms with E-state index < -0.39 is 0 Å². The Morgan fingerprint density at radius 3 is 2.46 bits per heavy atom. The van der Waals surface area contributed by atoms with Crippen LogP contribution in [0.1, 0.15) is 39.2 Å². The van der Waals surface area contributed by atoms with Crippen LogP contribution in [-0.4, -0.2) is 4.98 Å². The van der Waals surface area contributed by atoms with Crippen molar-refractivity contribution in [3.05, 3.63) is 29.8 Å². The minimum absolute atomic E-state index is 0.0871. The van der Waals surface area contributed by atoms with E-state index in [1.54, 1.807) is 0 Å². The van der Waals surface area contributed by atoms with Gasteiger partial charge in [-0.15, -0.1) is 0 Å². The van der Waals surface area contributed by atoms with Gasteiger partial charge in [0.1, 0.15) is 0 Å². The number of rotatable bonds is 3. The van der Waals surface area contributed by atoms with Crippen molar-refractivity contribution in [1.29, 1.82) is 0 Å². The van der Waals surface area contributed by atoms with Crippen LogP contribution in [0.3, 0.4) is 0 Å². The molecule has 0 aliphatic carbocycles. The zero-order chi connectivity index (χ0) is 9.90. The van der Waals surface area contributed by atoms with E-state index in [0.717, 1.165) is 18.4 Å². The highest BCUT2D eigenvalue weighted by Gasteiger charge is 2.22. The Labute approximate surface area is 79.0 Å². The highest BCUT2D eigenvalue weighted by Crippen LogP contribution is 2.30. The highest BCUT2D eigenvalue weighted by atomic mass is 19.1. The number of pyridine rings is 1. The molecule has 0 N–H and O–H groups in total. The molecule has 1 rings (SSSR count). The van der Waals surface area contributed by atoms with Crippen molar-refractivity contribution >= 4 is 0 Å². The summed E-state index contributed by atoms with van der Waals surface area (Å²) in [5.41, 5.74) is 1.13. The maximum Gasteiger partial charge on any atom is 0.213 e.